The highest BCUT2D eigenvalue weighted by molar-refractivity contribution is 5.80. The molecule has 0 amide bonds. The second-order valence-electron chi connectivity index (χ2n) is 8.79. The molecule has 5 nitrogen and oxygen atoms in total. The Labute approximate surface area is 160 Å². The molecule has 0 aromatic heterocycles. The lowest BCUT2D eigenvalue weighted by Crippen LogP contribution is -2.67. The molecule has 3 rings (SSSR count). The summed E-state index contributed by atoms with van der Waals surface area (Å²) < 4.78 is 6.09. The maximum absolute atomic E-state index is 6.09. The minimum Gasteiger partial charge on any atom is -0.378 e. The van der Waals surface area contributed by atoms with Crippen LogP contribution in [0.5, 0.6) is 0 Å². The van der Waals surface area contributed by atoms with E-state index in [0.29, 0.717) is 29.6 Å². The average molecular weight is 365 g/mol. The molecule has 2 atom stereocenters. The summed E-state index contributed by atoms with van der Waals surface area (Å²) in [5, 5.41) is 7.48. The van der Waals surface area contributed by atoms with Crippen LogP contribution in [0.1, 0.15) is 72.1 Å². The van der Waals surface area contributed by atoms with Gasteiger partial charge >= 0.3 is 0 Å². The van der Waals surface area contributed by atoms with Crippen molar-refractivity contribution < 1.29 is 4.74 Å². The van der Waals surface area contributed by atoms with Crippen molar-refractivity contribution in [3.8, 4) is 0 Å². The Morgan fingerprint density at radius 3 is 2.42 bits per heavy atom. The molecular weight excluding hydrogens is 324 g/mol. The van der Waals surface area contributed by atoms with Crippen molar-refractivity contribution in [2.24, 2.45) is 10.4 Å². The summed E-state index contributed by atoms with van der Waals surface area (Å²) in [5.41, 5.74) is 0.340. The van der Waals surface area contributed by atoms with Gasteiger partial charge in [-0.15, -0.1) is 0 Å². The smallest absolute Gasteiger partial charge is 0.191 e. The van der Waals surface area contributed by atoms with Gasteiger partial charge in [-0.25, -0.2) is 0 Å². The van der Waals surface area contributed by atoms with E-state index < -0.39 is 0 Å². The molecule has 1 heterocycles. The van der Waals surface area contributed by atoms with Gasteiger partial charge in [0.1, 0.15) is 0 Å². The minimum absolute atomic E-state index is 0.340. The SMILES string of the molecule is CCOC1CC(NC(=NC)NC2CCN(C(C)C)CC2)C12CCCCC2. The fourth-order valence-corrected chi connectivity index (χ4v) is 5.36. The number of hydrogen-bond acceptors (Lipinski definition) is 3. The molecular formula is C21H40N4O. The van der Waals surface area contributed by atoms with Crippen LogP contribution in [-0.2, 0) is 4.74 Å². The van der Waals surface area contributed by atoms with E-state index in [1.54, 1.807) is 0 Å². The van der Waals surface area contributed by atoms with Crippen LogP contribution in [0.25, 0.3) is 0 Å². The van der Waals surface area contributed by atoms with Gasteiger partial charge in [0.15, 0.2) is 5.96 Å². The number of aliphatic imine (C=N–C) groups is 1. The monoisotopic (exact) mass is 364 g/mol. The third-order valence-electron chi connectivity index (χ3n) is 7.07. The highest BCUT2D eigenvalue weighted by atomic mass is 16.5. The van der Waals surface area contributed by atoms with Crippen LogP contribution in [0.3, 0.4) is 0 Å². The van der Waals surface area contributed by atoms with Gasteiger partial charge in [0.2, 0.25) is 0 Å². The summed E-state index contributed by atoms with van der Waals surface area (Å²) in [6.45, 7) is 9.92. The van der Waals surface area contributed by atoms with Gasteiger partial charge in [0.05, 0.1) is 6.10 Å². The number of guanidine groups is 1. The second kappa shape index (κ2) is 8.92. The zero-order valence-corrected chi connectivity index (χ0v) is 17.4. The van der Waals surface area contributed by atoms with Crippen LogP contribution >= 0.6 is 0 Å². The van der Waals surface area contributed by atoms with Crippen molar-refractivity contribution in [3.63, 3.8) is 0 Å². The number of rotatable bonds is 5. The molecule has 1 aliphatic heterocycles. The predicted octanol–water partition coefficient (Wildman–Crippen LogP) is 3.15. The van der Waals surface area contributed by atoms with E-state index in [-0.39, 0.29) is 0 Å². The van der Waals surface area contributed by atoms with Crippen molar-refractivity contribution in [1.82, 2.24) is 15.5 Å². The van der Waals surface area contributed by atoms with Gasteiger partial charge in [-0.3, -0.25) is 4.99 Å². The van der Waals surface area contributed by atoms with E-state index in [2.05, 4.69) is 41.3 Å². The maximum atomic E-state index is 6.09. The molecule has 1 saturated heterocycles. The Bertz CT molecular complexity index is 465. The van der Waals surface area contributed by atoms with Crippen LogP contribution in [0.4, 0.5) is 0 Å². The normalized spacial score (nSPS) is 30.4. The van der Waals surface area contributed by atoms with Crippen LogP contribution in [-0.4, -0.2) is 61.8 Å². The second-order valence-corrected chi connectivity index (χ2v) is 8.79. The zero-order chi connectivity index (χ0) is 18.6. The lowest BCUT2D eigenvalue weighted by molar-refractivity contribution is -0.145. The lowest BCUT2D eigenvalue weighted by atomic mass is 9.55. The van der Waals surface area contributed by atoms with Gasteiger partial charge in [-0.1, -0.05) is 19.3 Å². The quantitative estimate of drug-likeness (QED) is 0.581. The number of piperidine rings is 1. The number of nitrogens with zero attached hydrogens (tertiary/aromatic N) is 2. The molecule has 0 radical (unpaired) electrons. The molecule has 0 bridgehead atoms. The lowest BCUT2D eigenvalue weighted by Gasteiger charge is -2.58. The topological polar surface area (TPSA) is 48.9 Å². The van der Waals surface area contributed by atoms with E-state index >= 15 is 0 Å². The maximum Gasteiger partial charge on any atom is 0.191 e. The Hall–Kier alpha value is -0.810. The Kier molecular flexibility index (Phi) is 6.84. The van der Waals surface area contributed by atoms with Gasteiger partial charge in [0.25, 0.3) is 0 Å². The van der Waals surface area contributed by atoms with E-state index in [1.807, 2.05) is 7.05 Å². The molecule has 3 aliphatic rings. The van der Waals surface area contributed by atoms with E-state index in [1.165, 1.54) is 58.0 Å². The standard InChI is InChI=1S/C21H40N4O/c1-5-26-19-15-18(21(19)11-7-6-8-12-21)24-20(22-4)23-17-9-13-25(14-10-17)16(2)3/h16-19H,5-15H2,1-4H3,(H2,22,23,24). The van der Waals surface area contributed by atoms with Gasteiger partial charge in [-0.05, 0) is 52.9 Å². The van der Waals surface area contributed by atoms with Crippen molar-refractivity contribution >= 4 is 5.96 Å². The molecule has 0 aromatic carbocycles. The molecule has 26 heavy (non-hydrogen) atoms. The van der Waals surface area contributed by atoms with Crippen molar-refractivity contribution in [2.45, 2.75) is 96.4 Å². The Morgan fingerprint density at radius 1 is 1.15 bits per heavy atom. The fourth-order valence-electron chi connectivity index (χ4n) is 5.36. The first kappa shape index (κ1) is 19.9. The molecule has 150 valence electrons. The predicted molar refractivity (Wildman–Crippen MR) is 109 cm³/mol. The molecule has 5 heteroatoms. The first-order valence-corrected chi connectivity index (χ1v) is 10.9. The van der Waals surface area contributed by atoms with Crippen molar-refractivity contribution in [1.29, 1.82) is 0 Å². The Balaban J connectivity index is 1.53. The van der Waals surface area contributed by atoms with Crippen molar-refractivity contribution in [2.75, 3.05) is 26.7 Å². The number of hydrogen-bond donors (Lipinski definition) is 2. The summed E-state index contributed by atoms with van der Waals surface area (Å²) in [5.74, 6) is 0.998. The van der Waals surface area contributed by atoms with Crippen molar-refractivity contribution in [3.05, 3.63) is 0 Å². The molecule has 1 spiro atoms. The third-order valence-corrected chi connectivity index (χ3v) is 7.07. The van der Waals surface area contributed by atoms with E-state index in [0.717, 1.165) is 19.0 Å². The Morgan fingerprint density at radius 2 is 1.85 bits per heavy atom. The van der Waals surface area contributed by atoms with Gasteiger partial charge < -0.3 is 20.3 Å². The summed E-state index contributed by atoms with van der Waals surface area (Å²) in [4.78, 5) is 7.12. The van der Waals surface area contributed by atoms with Crippen LogP contribution in [0.15, 0.2) is 4.99 Å². The molecule has 0 aromatic rings. The first-order valence-electron chi connectivity index (χ1n) is 10.9. The summed E-state index contributed by atoms with van der Waals surface area (Å²) in [6, 6.07) is 1.72. The van der Waals surface area contributed by atoms with Gasteiger partial charge in [-0.2, -0.15) is 0 Å². The van der Waals surface area contributed by atoms with Crippen LogP contribution < -0.4 is 10.6 Å². The van der Waals surface area contributed by atoms with E-state index in [9.17, 15) is 0 Å². The zero-order valence-electron chi connectivity index (χ0n) is 17.4. The van der Waals surface area contributed by atoms with Crippen LogP contribution in [0, 0.1) is 5.41 Å². The summed E-state index contributed by atoms with van der Waals surface area (Å²) in [7, 11) is 1.91. The highest BCUT2D eigenvalue weighted by Crippen LogP contribution is 2.53. The molecule has 2 unspecified atom stereocenters. The highest BCUT2D eigenvalue weighted by Gasteiger charge is 2.55. The summed E-state index contributed by atoms with van der Waals surface area (Å²) in [6.07, 6.45) is 10.7. The average Bonchev–Trinajstić information content (AvgIpc) is 2.67. The van der Waals surface area contributed by atoms with Gasteiger partial charge in [0, 0.05) is 50.3 Å². The molecule has 2 aliphatic carbocycles. The van der Waals surface area contributed by atoms with Crippen LogP contribution in [0.2, 0.25) is 0 Å². The number of likely N-dealkylation sites (tertiary alicyclic amines) is 1. The first-order chi connectivity index (χ1) is 12.6. The minimum atomic E-state index is 0.340. The van der Waals surface area contributed by atoms with E-state index in [4.69, 9.17) is 4.74 Å². The molecule has 2 N–H and O–H groups in total. The summed E-state index contributed by atoms with van der Waals surface area (Å²) >= 11 is 0. The number of ether oxygens (including phenoxy) is 1. The fraction of sp³-hybridized carbons (Fsp3) is 0.952. The third kappa shape index (κ3) is 4.19. The molecule has 3 fully saturated rings. The largest absolute Gasteiger partial charge is 0.378 e. The number of nitrogens with one attached hydrogen (secondary N) is 2. The molecule has 2 saturated carbocycles.